The zero-order valence-corrected chi connectivity index (χ0v) is 20.0. The lowest BCUT2D eigenvalue weighted by molar-refractivity contribution is -0.121. The van der Waals surface area contributed by atoms with Crippen LogP contribution < -0.4 is 5.32 Å². The van der Waals surface area contributed by atoms with Crippen molar-refractivity contribution >= 4 is 27.7 Å². The summed E-state index contributed by atoms with van der Waals surface area (Å²) >= 11 is 1.41. The highest BCUT2D eigenvalue weighted by Gasteiger charge is 2.26. The van der Waals surface area contributed by atoms with Gasteiger partial charge in [-0.3, -0.25) is 9.89 Å². The Kier molecular flexibility index (Phi) is 8.05. The average molecular weight is 474 g/mol. The first kappa shape index (κ1) is 24.0. The van der Waals surface area contributed by atoms with Gasteiger partial charge in [-0.2, -0.15) is 4.31 Å². The minimum atomic E-state index is -3.75. The standard InChI is InChI=1S/C22H27N5O3S2/c1-4-27(32(29,30)19-14-16(2)10-11-17(19)3)15-20(28)23-12-13-31-22-24-21(25-26-22)18-8-6-5-7-9-18/h5-11,14H,4,12-13,15H2,1-3H3,(H,23,28)(H,24,25,26). The Bertz CT molecular complexity index is 1160. The van der Waals surface area contributed by atoms with Crippen molar-refractivity contribution in [3.05, 3.63) is 59.7 Å². The number of sulfonamides is 1. The Balaban J connectivity index is 1.51. The summed E-state index contributed by atoms with van der Waals surface area (Å²) in [4.78, 5) is 17.1. The van der Waals surface area contributed by atoms with Crippen LogP contribution in [0.4, 0.5) is 0 Å². The van der Waals surface area contributed by atoms with Crippen LogP contribution in [-0.2, 0) is 14.8 Å². The van der Waals surface area contributed by atoms with E-state index >= 15 is 0 Å². The number of thioether (sulfide) groups is 1. The molecule has 0 aliphatic heterocycles. The van der Waals surface area contributed by atoms with Crippen LogP contribution in [0.1, 0.15) is 18.1 Å². The minimum Gasteiger partial charge on any atom is -0.354 e. The number of carbonyl (C=O) groups excluding carboxylic acids is 1. The van der Waals surface area contributed by atoms with E-state index in [2.05, 4.69) is 20.5 Å². The van der Waals surface area contributed by atoms with Crippen LogP contribution in [0.25, 0.3) is 11.4 Å². The van der Waals surface area contributed by atoms with Gasteiger partial charge in [-0.05, 0) is 31.0 Å². The maximum absolute atomic E-state index is 13.0. The Hall–Kier alpha value is -2.69. The largest absolute Gasteiger partial charge is 0.354 e. The molecule has 0 aliphatic rings. The summed E-state index contributed by atoms with van der Waals surface area (Å²) in [7, 11) is -3.75. The normalized spacial score (nSPS) is 11.6. The Labute approximate surface area is 192 Å². The van der Waals surface area contributed by atoms with Crippen LogP contribution in [0, 0.1) is 13.8 Å². The van der Waals surface area contributed by atoms with E-state index in [0.717, 1.165) is 11.1 Å². The number of amides is 1. The first-order valence-corrected chi connectivity index (χ1v) is 12.7. The van der Waals surface area contributed by atoms with Gasteiger partial charge in [0.15, 0.2) is 5.82 Å². The van der Waals surface area contributed by atoms with Crippen LogP contribution in [-0.4, -0.2) is 59.2 Å². The van der Waals surface area contributed by atoms with Gasteiger partial charge in [-0.25, -0.2) is 13.4 Å². The van der Waals surface area contributed by atoms with Gasteiger partial charge in [0.25, 0.3) is 0 Å². The number of aryl methyl sites for hydroxylation is 2. The van der Waals surface area contributed by atoms with E-state index in [0.29, 0.717) is 28.8 Å². The SMILES string of the molecule is CCN(CC(=O)NCCSc1n[nH]c(-c2ccccc2)n1)S(=O)(=O)c1cc(C)ccc1C. The number of nitrogens with one attached hydrogen (secondary N) is 2. The number of carbonyl (C=O) groups is 1. The molecule has 1 aromatic heterocycles. The number of hydrogen-bond acceptors (Lipinski definition) is 6. The number of aromatic amines is 1. The summed E-state index contributed by atoms with van der Waals surface area (Å²) < 4.78 is 27.2. The van der Waals surface area contributed by atoms with Crippen molar-refractivity contribution in [2.45, 2.75) is 30.8 Å². The molecule has 0 aliphatic carbocycles. The third-order valence-electron chi connectivity index (χ3n) is 4.80. The van der Waals surface area contributed by atoms with Gasteiger partial charge in [-0.1, -0.05) is 61.2 Å². The molecule has 2 aromatic carbocycles. The average Bonchev–Trinajstić information content (AvgIpc) is 3.26. The van der Waals surface area contributed by atoms with E-state index in [1.54, 1.807) is 26.0 Å². The molecule has 0 spiro atoms. The summed E-state index contributed by atoms with van der Waals surface area (Å²) in [6.45, 7) is 5.67. The zero-order chi connectivity index (χ0) is 23.1. The number of H-pyrrole nitrogens is 1. The molecular weight excluding hydrogens is 446 g/mol. The molecule has 3 aromatic rings. The number of benzene rings is 2. The van der Waals surface area contributed by atoms with Gasteiger partial charge < -0.3 is 5.32 Å². The van der Waals surface area contributed by atoms with E-state index in [9.17, 15) is 13.2 Å². The van der Waals surface area contributed by atoms with Crippen LogP contribution in [0.3, 0.4) is 0 Å². The molecule has 170 valence electrons. The summed E-state index contributed by atoms with van der Waals surface area (Å²) in [5, 5.41) is 10.4. The summed E-state index contributed by atoms with van der Waals surface area (Å²) in [5.41, 5.74) is 2.46. The molecule has 0 unspecified atom stereocenters. The Morgan fingerprint density at radius 2 is 1.91 bits per heavy atom. The van der Waals surface area contributed by atoms with Gasteiger partial charge in [0.2, 0.25) is 21.1 Å². The van der Waals surface area contributed by atoms with Crippen LogP contribution >= 0.6 is 11.8 Å². The van der Waals surface area contributed by atoms with Crippen molar-refractivity contribution in [1.82, 2.24) is 24.8 Å². The highest BCUT2D eigenvalue weighted by Crippen LogP contribution is 2.21. The van der Waals surface area contributed by atoms with Gasteiger partial charge in [0.1, 0.15) is 0 Å². The Morgan fingerprint density at radius 3 is 2.62 bits per heavy atom. The van der Waals surface area contributed by atoms with Crippen molar-refractivity contribution < 1.29 is 13.2 Å². The summed E-state index contributed by atoms with van der Waals surface area (Å²) in [5.74, 6) is 0.905. The molecule has 0 saturated carbocycles. The van der Waals surface area contributed by atoms with E-state index in [4.69, 9.17) is 0 Å². The van der Waals surface area contributed by atoms with Crippen molar-refractivity contribution in [2.75, 3.05) is 25.4 Å². The van der Waals surface area contributed by atoms with Crippen LogP contribution in [0.5, 0.6) is 0 Å². The van der Waals surface area contributed by atoms with Gasteiger partial charge in [-0.15, -0.1) is 5.10 Å². The smallest absolute Gasteiger partial charge is 0.243 e. The predicted octanol–water partition coefficient (Wildman–Crippen LogP) is 3.01. The lowest BCUT2D eigenvalue weighted by Gasteiger charge is -2.21. The first-order chi connectivity index (χ1) is 15.3. The zero-order valence-electron chi connectivity index (χ0n) is 18.3. The lowest BCUT2D eigenvalue weighted by Crippen LogP contribution is -2.41. The van der Waals surface area contributed by atoms with E-state index in [1.807, 2.05) is 43.3 Å². The molecule has 3 rings (SSSR count). The molecule has 0 saturated heterocycles. The molecule has 2 N–H and O–H groups in total. The minimum absolute atomic E-state index is 0.206. The molecule has 0 radical (unpaired) electrons. The first-order valence-electron chi connectivity index (χ1n) is 10.3. The van der Waals surface area contributed by atoms with Crippen LogP contribution in [0.15, 0.2) is 58.6 Å². The molecule has 0 fully saturated rings. The highest BCUT2D eigenvalue weighted by atomic mass is 32.2. The van der Waals surface area contributed by atoms with E-state index < -0.39 is 10.0 Å². The third-order valence-corrected chi connectivity index (χ3v) is 7.71. The summed E-state index contributed by atoms with van der Waals surface area (Å²) in [6, 6.07) is 15.0. The highest BCUT2D eigenvalue weighted by molar-refractivity contribution is 7.99. The van der Waals surface area contributed by atoms with Crippen molar-refractivity contribution in [3.8, 4) is 11.4 Å². The van der Waals surface area contributed by atoms with Crippen molar-refractivity contribution in [2.24, 2.45) is 0 Å². The third kappa shape index (κ3) is 5.96. The quantitative estimate of drug-likeness (QED) is 0.346. The number of nitrogens with zero attached hydrogens (tertiary/aromatic N) is 3. The van der Waals surface area contributed by atoms with Gasteiger partial charge >= 0.3 is 0 Å². The van der Waals surface area contributed by atoms with Crippen LogP contribution in [0.2, 0.25) is 0 Å². The second kappa shape index (κ2) is 10.8. The topological polar surface area (TPSA) is 108 Å². The maximum Gasteiger partial charge on any atom is 0.243 e. The fourth-order valence-corrected chi connectivity index (χ4v) is 5.44. The second-order valence-corrected chi connectivity index (χ2v) is 10.2. The fraction of sp³-hybridized carbons (Fsp3) is 0.318. The molecule has 1 heterocycles. The molecule has 32 heavy (non-hydrogen) atoms. The van der Waals surface area contributed by atoms with Crippen molar-refractivity contribution in [3.63, 3.8) is 0 Å². The number of rotatable bonds is 10. The molecular formula is C22H27N5O3S2. The van der Waals surface area contributed by atoms with Gasteiger partial charge in [0.05, 0.1) is 11.4 Å². The Morgan fingerprint density at radius 1 is 1.16 bits per heavy atom. The molecule has 0 atom stereocenters. The summed E-state index contributed by atoms with van der Waals surface area (Å²) in [6.07, 6.45) is 0. The van der Waals surface area contributed by atoms with E-state index in [-0.39, 0.29) is 23.9 Å². The number of hydrogen-bond donors (Lipinski definition) is 2. The number of likely N-dealkylation sites (N-methyl/N-ethyl adjacent to an activating group) is 1. The van der Waals surface area contributed by atoms with E-state index in [1.165, 1.54) is 16.1 Å². The second-order valence-electron chi connectivity index (χ2n) is 7.23. The van der Waals surface area contributed by atoms with Crippen molar-refractivity contribution in [1.29, 1.82) is 0 Å². The lowest BCUT2D eigenvalue weighted by atomic mass is 10.2. The molecule has 1 amide bonds. The fourth-order valence-electron chi connectivity index (χ4n) is 3.08. The molecule has 8 nitrogen and oxygen atoms in total. The molecule has 10 heteroatoms. The number of aromatic nitrogens is 3. The predicted molar refractivity (Wildman–Crippen MR) is 126 cm³/mol. The molecule has 0 bridgehead atoms. The van der Waals surface area contributed by atoms with Gasteiger partial charge in [0, 0.05) is 24.4 Å². The monoisotopic (exact) mass is 473 g/mol. The maximum atomic E-state index is 13.0.